The van der Waals surface area contributed by atoms with Gasteiger partial charge in [-0.05, 0) is 6.07 Å². The van der Waals surface area contributed by atoms with Gasteiger partial charge >= 0.3 is 0 Å². The molecule has 0 spiro atoms. The first-order valence-corrected chi connectivity index (χ1v) is 7.07. The third-order valence-electron chi connectivity index (χ3n) is 3.48. The first-order chi connectivity index (χ1) is 10.3. The Hall–Kier alpha value is -1.77. The van der Waals surface area contributed by atoms with Crippen molar-refractivity contribution in [1.29, 1.82) is 0 Å². The van der Waals surface area contributed by atoms with Crippen LogP contribution in [0.5, 0.6) is 5.75 Å². The number of nitrogens with one attached hydrogen (secondary N) is 1. The van der Waals surface area contributed by atoms with Crippen LogP contribution < -0.4 is 15.8 Å². The van der Waals surface area contributed by atoms with Crippen LogP contribution in [0.25, 0.3) is 0 Å². The number of halogens is 1. The molecule has 1 atom stereocenters. The van der Waals surface area contributed by atoms with Gasteiger partial charge in [0.05, 0.1) is 25.5 Å². The van der Waals surface area contributed by atoms with E-state index in [1.54, 1.807) is 12.5 Å². The van der Waals surface area contributed by atoms with Crippen LogP contribution in [-0.2, 0) is 6.54 Å². The van der Waals surface area contributed by atoms with Gasteiger partial charge in [-0.1, -0.05) is 18.2 Å². The van der Waals surface area contributed by atoms with Crippen molar-refractivity contribution in [3.05, 3.63) is 48.5 Å². The van der Waals surface area contributed by atoms with Crippen LogP contribution in [0.15, 0.2) is 48.0 Å². The second-order valence-electron chi connectivity index (χ2n) is 4.94. The molecule has 3 rings (SSSR count). The highest BCUT2D eigenvalue weighted by Gasteiger charge is 2.20. The van der Waals surface area contributed by atoms with Crippen molar-refractivity contribution in [3.63, 3.8) is 0 Å². The van der Waals surface area contributed by atoms with E-state index in [9.17, 15) is 0 Å². The van der Waals surface area contributed by atoms with Crippen molar-refractivity contribution >= 4 is 29.9 Å². The molecular weight excluding hydrogens is 393 g/mol. The Balaban J connectivity index is 0.00000176. The smallest absolute Gasteiger partial charge is 0.189 e. The average Bonchev–Trinajstić information content (AvgIpc) is 3.01. The summed E-state index contributed by atoms with van der Waals surface area (Å²) in [7, 11) is 0. The van der Waals surface area contributed by atoms with Crippen LogP contribution in [0, 0.1) is 0 Å². The Kier molecular flexibility index (Phi) is 6.05. The topological polar surface area (TPSA) is 77.5 Å². The van der Waals surface area contributed by atoms with Crippen LogP contribution in [0.3, 0.4) is 0 Å². The van der Waals surface area contributed by atoms with Crippen LogP contribution in [-0.4, -0.2) is 28.7 Å². The summed E-state index contributed by atoms with van der Waals surface area (Å²) in [5.41, 5.74) is 7.11. The summed E-state index contributed by atoms with van der Waals surface area (Å²) >= 11 is 0. The molecule has 1 aromatic carbocycles. The first-order valence-electron chi connectivity index (χ1n) is 7.07. The van der Waals surface area contributed by atoms with E-state index in [1.165, 1.54) is 0 Å². The summed E-state index contributed by atoms with van der Waals surface area (Å²) in [4.78, 5) is 8.35. The number of hydrogen-bond acceptors (Lipinski definition) is 3. The van der Waals surface area contributed by atoms with E-state index < -0.39 is 0 Å². The molecule has 0 radical (unpaired) electrons. The second-order valence-corrected chi connectivity index (χ2v) is 4.94. The lowest BCUT2D eigenvalue weighted by Crippen LogP contribution is -2.37. The van der Waals surface area contributed by atoms with Gasteiger partial charge in [-0.25, -0.2) is 4.98 Å². The summed E-state index contributed by atoms with van der Waals surface area (Å²) in [5, 5.41) is 3.28. The standard InChI is InChI=1S/C15H19N5O.HI/c16-15(18-7-9-20-8-6-17-11-20)19-13-5-10-21-14-4-2-1-3-12(13)14;/h1-4,6,8,11,13H,5,7,9-10H2,(H3,16,18,19);1H. The number of ether oxygens (including phenoxy) is 1. The fraction of sp³-hybridized carbons (Fsp3) is 0.333. The number of aliphatic imine (C=N–C) groups is 1. The predicted molar refractivity (Wildman–Crippen MR) is 96.6 cm³/mol. The molecule has 118 valence electrons. The molecule has 0 fully saturated rings. The average molecular weight is 413 g/mol. The van der Waals surface area contributed by atoms with Crippen LogP contribution >= 0.6 is 24.0 Å². The van der Waals surface area contributed by atoms with Gasteiger partial charge in [0, 0.05) is 30.9 Å². The number of guanidine groups is 1. The fourth-order valence-corrected chi connectivity index (χ4v) is 2.42. The molecule has 22 heavy (non-hydrogen) atoms. The second kappa shape index (κ2) is 8.02. The van der Waals surface area contributed by atoms with Crippen molar-refractivity contribution in [1.82, 2.24) is 14.9 Å². The number of imidazole rings is 1. The molecule has 1 aliphatic heterocycles. The summed E-state index contributed by atoms with van der Waals surface area (Å²) in [6, 6.07) is 8.19. The van der Waals surface area contributed by atoms with Gasteiger partial charge < -0.3 is 20.4 Å². The SMILES string of the molecule is I.NC(=NCCn1ccnc1)NC1CCOc2ccccc21. The van der Waals surface area contributed by atoms with Crippen molar-refractivity contribution in [2.75, 3.05) is 13.2 Å². The van der Waals surface area contributed by atoms with Gasteiger partial charge in [-0.15, -0.1) is 24.0 Å². The Bertz CT molecular complexity index is 614. The number of rotatable bonds is 4. The maximum absolute atomic E-state index is 5.97. The van der Waals surface area contributed by atoms with Gasteiger partial charge in [0.2, 0.25) is 0 Å². The van der Waals surface area contributed by atoms with Crippen molar-refractivity contribution in [2.24, 2.45) is 10.7 Å². The van der Waals surface area contributed by atoms with Gasteiger partial charge in [0.25, 0.3) is 0 Å². The Morgan fingerprint density at radius 1 is 1.45 bits per heavy atom. The highest BCUT2D eigenvalue weighted by atomic mass is 127. The molecule has 1 aliphatic rings. The molecule has 1 aromatic heterocycles. The van der Waals surface area contributed by atoms with Crippen LogP contribution in [0.2, 0.25) is 0 Å². The van der Waals surface area contributed by atoms with Crippen LogP contribution in [0.1, 0.15) is 18.0 Å². The quantitative estimate of drug-likeness (QED) is 0.456. The molecule has 0 bridgehead atoms. The molecule has 0 aliphatic carbocycles. The highest BCUT2D eigenvalue weighted by molar-refractivity contribution is 14.0. The van der Waals surface area contributed by atoms with E-state index >= 15 is 0 Å². The zero-order valence-corrected chi connectivity index (χ0v) is 14.5. The van der Waals surface area contributed by atoms with Gasteiger partial charge in [-0.3, -0.25) is 4.99 Å². The number of fused-ring (bicyclic) bond motifs is 1. The van der Waals surface area contributed by atoms with Crippen LogP contribution in [0.4, 0.5) is 0 Å². The minimum Gasteiger partial charge on any atom is -0.493 e. The van der Waals surface area contributed by atoms with Gasteiger partial charge in [-0.2, -0.15) is 0 Å². The molecule has 6 nitrogen and oxygen atoms in total. The van der Waals surface area contributed by atoms with E-state index in [4.69, 9.17) is 10.5 Å². The van der Waals surface area contributed by atoms with E-state index in [-0.39, 0.29) is 30.0 Å². The van der Waals surface area contributed by atoms with Gasteiger partial charge in [0.15, 0.2) is 5.96 Å². The monoisotopic (exact) mass is 413 g/mol. The van der Waals surface area contributed by atoms with E-state index in [0.717, 1.165) is 24.3 Å². The largest absolute Gasteiger partial charge is 0.493 e. The zero-order chi connectivity index (χ0) is 14.5. The number of benzene rings is 1. The summed E-state index contributed by atoms with van der Waals surface area (Å²) < 4.78 is 7.61. The normalized spacial score (nSPS) is 17.1. The van der Waals surface area contributed by atoms with E-state index in [0.29, 0.717) is 19.1 Å². The van der Waals surface area contributed by atoms with E-state index in [1.807, 2.05) is 29.0 Å². The molecule has 0 saturated carbocycles. The van der Waals surface area contributed by atoms with Gasteiger partial charge in [0.1, 0.15) is 5.75 Å². The van der Waals surface area contributed by atoms with Crippen molar-refractivity contribution in [2.45, 2.75) is 19.0 Å². The number of hydrogen-bond donors (Lipinski definition) is 2. The molecule has 2 aromatic rings. The fourth-order valence-electron chi connectivity index (χ4n) is 2.42. The Morgan fingerprint density at radius 3 is 3.14 bits per heavy atom. The Labute approximate surface area is 146 Å². The molecule has 0 amide bonds. The summed E-state index contributed by atoms with van der Waals surface area (Å²) in [5.74, 6) is 1.39. The van der Waals surface area contributed by atoms with E-state index in [2.05, 4.69) is 21.4 Å². The van der Waals surface area contributed by atoms with Crippen molar-refractivity contribution < 1.29 is 4.74 Å². The molecule has 1 unspecified atom stereocenters. The minimum absolute atomic E-state index is 0. The Morgan fingerprint density at radius 2 is 2.32 bits per heavy atom. The maximum Gasteiger partial charge on any atom is 0.189 e. The highest BCUT2D eigenvalue weighted by Crippen LogP contribution is 2.31. The number of nitrogens with two attached hydrogens (primary N) is 1. The lowest BCUT2D eigenvalue weighted by atomic mass is 10.0. The maximum atomic E-state index is 5.97. The molecular formula is C15H20IN5O. The number of nitrogens with zero attached hydrogens (tertiary/aromatic N) is 3. The first kappa shape index (κ1) is 16.6. The predicted octanol–water partition coefficient (Wildman–Crippen LogP) is 1.93. The number of para-hydroxylation sites is 1. The summed E-state index contributed by atoms with van der Waals surface area (Å²) in [6.45, 7) is 2.09. The molecule has 0 saturated heterocycles. The third kappa shape index (κ3) is 4.12. The molecule has 2 heterocycles. The molecule has 3 N–H and O–H groups in total. The minimum atomic E-state index is 0. The summed E-state index contributed by atoms with van der Waals surface area (Å²) in [6.07, 6.45) is 6.32. The molecule has 7 heteroatoms. The lowest BCUT2D eigenvalue weighted by molar-refractivity contribution is 0.262. The van der Waals surface area contributed by atoms with Crippen molar-refractivity contribution in [3.8, 4) is 5.75 Å². The lowest BCUT2D eigenvalue weighted by Gasteiger charge is -2.26. The zero-order valence-electron chi connectivity index (χ0n) is 12.2. The third-order valence-corrected chi connectivity index (χ3v) is 3.48. The number of aromatic nitrogens is 2.